The maximum Gasteiger partial charge on any atom is 0.423 e. The second kappa shape index (κ2) is 9.58. The van der Waals surface area contributed by atoms with Crippen LogP contribution < -0.4 is 10.1 Å². The Kier molecular flexibility index (Phi) is 7.45. The third kappa shape index (κ3) is 6.41. The molecule has 0 fully saturated rings. The number of ether oxygens (including phenoxy) is 1. The van der Waals surface area contributed by atoms with Crippen molar-refractivity contribution in [2.45, 2.75) is 58.5 Å². The lowest BCUT2D eigenvalue weighted by atomic mass is 10.0. The highest BCUT2D eigenvalue weighted by Crippen LogP contribution is 2.35. The van der Waals surface area contributed by atoms with E-state index in [0.717, 1.165) is 25.5 Å². The van der Waals surface area contributed by atoms with Gasteiger partial charge >= 0.3 is 6.18 Å². The van der Waals surface area contributed by atoms with E-state index in [1.165, 1.54) is 5.56 Å². The summed E-state index contributed by atoms with van der Waals surface area (Å²) in [5.74, 6) is 0.0354. The highest BCUT2D eigenvalue weighted by atomic mass is 19.4. The molecule has 0 bridgehead atoms. The molecular formula is C20H26F3N3O. The number of hydrogen-bond acceptors (Lipinski definition) is 4. The van der Waals surface area contributed by atoms with E-state index in [1.807, 2.05) is 24.3 Å². The number of rotatable bonds is 9. The Morgan fingerprint density at radius 2 is 1.78 bits per heavy atom. The molecule has 0 saturated heterocycles. The van der Waals surface area contributed by atoms with Crippen molar-refractivity contribution in [3.05, 3.63) is 41.6 Å². The lowest BCUT2D eigenvalue weighted by Gasteiger charge is -2.14. The van der Waals surface area contributed by atoms with Crippen LogP contribution in [0.25, 0.3) is 0 Å². The van der Waals surface area contributed by atoms with E-state index in [2.05, 4.69) is 36.1 Å². The van der Waals surface area contributed by atoms with Crippen molar-refractivity contribution in [2.75, 3.05) is 11.9 Å². The Hall–Kier alpha value is -2.31. The average Bonchev–Trinajstić information content (AvgIpc) is 2.61. The molecule has 1 aromatic heterocycles. The minimum Gasteiger partial charge on any atom is -0.477 e. The maximum atomic E-state index is 13.2. The van der Waals surface area contributed by atoms with Crippen molar-refractivity contribution < 1.29 is 17.9 Å². The lowest BCUT2D eigenvalue weighted by molar-refractivity contribution is -0.139. The molecule has 4 nitrogen and oxygen atoms in total. The minimum absolute atomic E-state index is 0.0730. The summed E-state index contributed by atoms with van der Waals surface area (Å²) in [4.78, 5) is 7.74. The number of alkyl halides is 3. The van der Waals surface area contributed by atoms with Crippen molar-refractivity contribution in [3.8, 4) is 5.88 Å². The van der Waals surface area contributed by atoms with Gasteiger partial charge in [0.1, 0.15) is 5.56 Å². The van der Waals surface area contributed by atoms with Crippen LogP contribution >= 0.6 is 0 Å². The molecule has 0 spiro atoms. The van der Waals surface area contributed by atoms with Gasteiger partial charge in [-0.3, -0.25) is 0 Å². The standard InChI is InChI=1S/C20H26F3N3O/c1-4-5-6-7-12-27-18-17(20(21,22)23)13-24-19(26-18)25-16-10-8-15(9-11-16)14(2)3/h8-11,13-14H,4-7,12H2,1-3H3,(H,24,25,26). The Bertz CT molecular complexity index is 715. The zero-order chi connectivity index (χ0) is 19.9. The minimum atomic E-state index is -4.56. The summed E-state index contributed by atoms with van der Waals surface area (Å²) in [6.45, 7) is 6.44. The molecule has 0 unspecified atom stereocenters. The predicted octanol–water partition coefficient (Wildman–Crippen LogP) is 6.32. The Labute approximate surface area is 158 Å². The van der Waals surface area contributed by atoms with Gasteiger partial charge in [0.25, 0.3) is 0 Å². The monoisotopic (exact) mass is 381 g/mol. The molecule has 0 atom stereocenters. The van der Waals surface area contributed by atoms with Gasteiger partial charge in [0.2, 0.25) is 11.8 Å². The van der Waals surface area contributed by atoms with Gasteiger partial charge < -0.3 is 10.1 Å². The molecule has 148 valence electrons. The first-order chi connectivity index (χ1) is 12.8. The third-order valence-electron chi connectivity index (χ3n) is 4.13. The summed E-state index contributed by atoms with van der Waals surface area (Å²) in [7, 11) is 0. The van der Waals surface area contributed by atoms with Gasteiger partial charge in [-0.2, -0.15) is 18.2 Å². The quantitative estimate of drug-likeness (QED) is 0.516. The van der Waals surface area contributed by atoms with Crippen molar-refractivity contribution in [1.82, 2.24) is 9.97 Å². The highest BCUT2D eigenvalue weighted by molar-refractivity contribution is 5.54. The van der Waals surface area contributed by atoms with Crippen LogP contribution in [-0.4, -0.2) is 16.6 Å². The number of nitrogens with zero attached hydrogens (tertiary/aromatic N) is 2. The van der Waals surface area contributed by atoms with E-state index in [9.17, 15) is 13.2 Å². The van der Waals surface area contributed by atoms with E-state index < -0.39 is 17.6 Å². The number of aromatic nitrogens is 2. The summed E-state index contributed by atoms with van der Waals surface area (Å²) < 4.78 is 44.9. The zero-order valence-corrected chi connectivity index (χ0v) is 15.9. The van der Waals surface area contributed by atoms with Gasteiger partial charge in [-0.25, -0.2) is 4.98 Å². The van der Waals surface area contributed by atoms with Crippen LogP contribution in [0.1, 0.15) is 63.5 Å². The Morgan fingerprint density at radius 3 is 2.37 bits per heavy atom. The fourth-order valence-corrected chi connectivity index (χ4v) is 2.51. The van der Waals surface area contributed by atoms with Crippen LogP contribution in [0, 0.1) is 0 Å². The normalized spacial score (nSPS) is 11.7. The van der Waals surface area contributed by atoms with Gasteiger partial charge in [0.15, 0.2) is 0 Å². The largest absolute Gasteiger partial charge is 0.477 e. The summed E-state index contributed by atoms with van der Waals surface area (Å²) >= 11 is 0. The molecule has 0 amide bonds. The Balaban J connectivity index is 2.13. The molecule has 0 aliphatic heterocycles. The summed E-state index contributed by atoms with van der Waals surface area (Å²) in [5, 5.41) is 2.93. The summed E-state index contributed by atoms with van der Waals surface area (Å²) in [5.41, 5.74) is 0.914. The van der Waals surface area contributed by atoms with Crippen molar-refractivity contribution in [1.29, 1.82) is 0 Å². The molecule has 1 heterocycles. The molecule has 0 aliphatic rings. The molecule has 1 aromatic carbocycles. The van der Waals surface area contributed by atoms with Gasteiger partial charge in [-0.05, 0) is 30.0 Å². The van der Waals surface area contributed by atoms with E-state index in [4.69, 9.17) is 4.74 Å². The van der Waals surface area contributed by atoms with Crippen LogP contribution in [-0.2, 0) is 6.18 Å². The fourth-order valence-electron chi connectivity index (χ4n) is 2.51. The van der Waals surface area contributed by atoms with Crippen LogP contribution in [0.5, 0.6) is 5.88 Å². The Morgan fingerprint density at radius 1 is 1.07 bits per heavy atom. The predicted molar refractivity (Wildman–Crippen MR) is 100 cm³/mol. The van der Waals surface area contributed by atoms with Crippen LogP contribution in [0.3, 0.4) is 0 Å². The molecule has 0 radical (unpaired) electrons. The second-order valence-corrected chi connectivity index (χ2v) is 6.72. The van der Waals surface area contributed by atoms with E-state index in [0.29, 0.717) is 18.0 Å². The van der Waals surface area contributed by atoms with Crippen LogP contribution in [0.4, 0.5) is 24.8 Å². The van der Waals surface area contributed by atoms with Crippen molar-refractivity contribution >= 4 is 11.6 Å². The summed E-state index contributed by atoms with van der Waals surface area (Å²) in [6.07, 6.45) is -0.121. The first-order valence-electron chi connectivity index (χ1n) is 9.25. The summed E-state index contributed by atoms with van der Waals surface area (Å²) in [6, 6.07) is 7.62. The molecular weight excluding hydrogens is 355 g/mol. The SMILES string of the molecule is CCCCCCOc1nc(Nc2ccc(C(C)C)cc2)ncc1C(F)(F)F. The molecule has 27 heavy (non-hydrogen) atoms. The van der Waals surface area contributed by atoms with Gasteiger partial charge in [-0.1, -0.05) is 52.2 Å². The van der Waals surface area contributed by atoms with Crippen LogP contribution in [0.2, 0.25) is 0 Å². The second-order valence-electron chi connectivity index (χ2n) is 6.72. The smallest absolute Gasteiger partial charge is 0.423 e. The molecule has 0 saturated carbocycles. The number of nitrogens with one attached hydrogen (secondary N) is 1. The van der Waals surface area contributed by atoms with Crippen molar-refractivity contribution in [3.63, 3.8) is 0 Å². The number of anilines is 2. The number of hydrogen-bond donors (Lipinski definition) is 1. The zero-order valence-electron chi connectivity index (χ0n) is 15.9. The van der Waals surface area contributed by atoms with Crippen LogP contribution in [0.15, 0.2) is 30.5 Å². The first kappa shape index (κ1) is 21.0. The van der Waals surface area contributed by atoms with Gasteiger partial charge in [-0.15, -0.1) is 0 Å². The van der Waals surface area contributed by atoms with E-state index >= 15 is 0 Å². The maximum absolute atomic E-state index is 13.2. The molecule has 0 aliphatic carbocycles. The van der Waals surface area contributed by atoms with Gasteiger partial charge in [0.05, 0.1) is 6.61 Å². The number of benzene rings is 1. The fraction of sp³-hybridized carbons (Fsp3) is 0.500. The highest BCUT2D eigenvalue weighted by Gasteiger charge is 2.36. The van der Waals surface area contributed by atoms with E-state index in [1.54, 1.807) is 0 Å². The third-order valence-corrected chi connectivity index (χ3v) is 4.13. The first-order valence-corrected chi connectivity index (χ1v) is 9.25. The molecule has 2 aromatic rings. The molecule has 2 rings (SSSR count). The van der Waals surface area contributed by atoms with Crippen molar-refractivity contribution in [2.24, 2.45) is 0 Å². The molecule has 1 N–H and O–H groups in total. The molecule has 7 heteroatoms. The lowest BCUT2D eigenvalue weighted by Crippen LogP contribution is -2.13. The number of unbranched alkanes of at least 4 members (excludes halogenated alkanes) is 3. The average molecular weight is 381 g/mol. The van der Waals surface area contributed by atoms with E-state index in [-0.39, 0.29) is 12.6 Å². The topological polar surface area (TPSA) is 47.0 Å². The van der Waals surface area contributed by atoms with Gasteiger partial charge in [0, 0.05) is 11.9 Å². The number of halogens is 3.